The summed E-state index contributed by atoms with van der Waals surface area (Å²) < 4.78 is 0. The molecule has 0 bridgehead atoms. The van der Waals surface area contributed by atoms with Crippen molar-refractivity contribution in [1.29, 1.82) is 0 Å². The van der Waals surface area contributed by atoms with Gasteiger partial charge in [-0.3, -0.25) is 4.79 Å². The Kier molecular flexibility index (Phi) is 11.3. The maximum atomic E-state index is 12.2. The average molecular weight is 471 g/mol. The van der Waals surface area contributed by atoms with Crippen LogP contribution >= 0.6 is 24.0 Å². The molecule has 170 valence electrons. The van der Waals surface area contributed by atoms with E-state index in [9.17, 15) is 4.79 Å². The molecule has 2 N–H and O–H groups in total. The van der Waals surface area contributed by atoms with Crippen molar-refractivity contribution >= 4 is 35.6 Å². The number of aryl methyl sites for hydroxylation is 1. The Labute approximate surface area is 203 Å². The molecule has 0 fully saturated rings. The molecule has 0 aliphatic rings. The van der Waals surface area contributed by atoms with Crippen LogP contribution < -0.4 is 10.6 Å². The van der Waals surface area contributed by atoms with Gasteiger partial charge in [0.1, 0.15) is 0 Å². The standard InChI is InChI=1S/C27H31ClN2O.ClH/c1-21(29-18-17-23-10-5-11-25(28)20-23)19-24-13-15-26(16-14-24)30-27(31)12-6-9-22-7-3-2-4-8-22;/h2-5,7-8,10-11,13-16,20-21,29H,6,9,12,17-19H2,1H3,(H,30,31);1H. The number of rotatable bonds is 11. The first kappa shape index (κ1) is 25.9. The summed E-state index contributed by atoms with van der Waals surface area (Å²) in [6.07, 6.45) is 4.22. The second-order valence-corrected chi connectivity index (χ2v) is 8.46. The minimum absolute atomic E-state index is 0. The Morgan fingerprint density at radius 1 is 0.875 bits per heavy atom. The van der Waals surface area contributed by atoms with Crippen molar-refractivity contribution in [3.05, 3.63) is 101 Å². The van der Waals surface area contributed by atoms with Crippen LogP contribution in [-0.2, 0) is 24.1 Å². The highest BCUT2D eigenvalue weighted by Crippen LogP contribution is 2.13. The molecule has 3 rings (SSSR count). The molecule has 0 saturated carbocycles. The lowest BCUT2D eigenvalue weighted by atomic mass is 10.1. The minimum Gasteiger partial charge on any atom is -0.326 e. The van der Waals surface area contributed by atoms with Gasteiger partial charge in [0.15, 0.2) is 0 Å². The molecule has 1 atom stereocenters. The highest BCUT2D eigenvalue weighted by atomic mass is 35.5. The van der Waals surface area contributed by atoms with E-state index in [1.54, 1.807) is 0 Å². The van der Waals surface area contributed by atoms with Gasteiger partial charge in [0.2, 0.25) is 5.91 Å². The van der Waals surface area contributed by atoms with E-state index >= 15 is 0 Å². The third kappa shape index (κ3) is 9.44. The molecule has 0 aliphatic carbocycles. The molecule has 0 heterocycles. The summed E-state index contributed by atoms with van der Waals surface area (Å²) in [4.78, 5) is 12.2. The maximum absolute atomic E-state index is 12.2. The number of nitrogens with one attached hydrogen (secondary N) is 2. The zero-order valence-electron chi connectivity index (χ0n) is 18.5. The Morgan fingerprint density at radius 2 is 1.59 bits per heavy atom. The quantitative estimate of drug-likeness (QED) is 0.336. The lowest BCUT2D eigenvalue weighted by Crippen LogP contribution is -2.30. The van der Waals surface area contributed by atoms with E-state index in [1.165, 1.54) is 16.7 Å². The monoisotopic (exact) mass is 470 g/mol. The maximum Gasteiger partial charge on any atom is 0.224 e. The van der Waals surface area contributed by atoms with Crippen molar-refractivity contribution in [2.75, 3.05) is 11.9 Å². The topological polar surface area (TPSA) is 41.1 Å². The first-order valence-corrected chi connectivity index (χ1v) is 11.4. The highest BCUT2D eigenvalue weighted by molar-refractivity contribution is 6.30. The summed E-state index contributed by atoms with van der Waals surface area (Å²) in [5.41, 5.74) is 4.63. The van der Waals surface area contributed by atoms with E-state index in [2.05, 4.69) is 47.9 Å². The molecule has 0 radical (unpaired) electrons. The summed E-state index contributed by atoms with van der Waals surface area (Å²) >= 11 is 6.04. The fraction of sp³-hybridized carbons (Fsp3) is 0.296. The molecule has 1 unspecified atom stereocenters. The van der Waals surface area contributed by atoms with Gasteiger partial charge in [-0.25, -0.2) is 0 Å². The summed E-state index contributed by atoms with van der Waals surface area (Å²) in [6, 6.07) is 26.8. The Balaban J connectivity index is 0.00000363. The fourth-order valence-corrected chi connectivity index (χ4v) is 3.84. The van der Waals surface area contributed by atoms with Gasteiger partial charge in [0.25, 0.3) is 0 Å². The predicted octanol–water partition coefficient (Wildman–Crippen LogP) is 6.49. The summed E-state index contributed by atoms with van der Waals surface area (Å²) in [5, 5.41) is 7.36. The molecule has 1 amide bonds. The lowest BCUT2D eigenvalue weighted by Gasteiger charge is -2.14. The first-order valence-electron chi connectivity index (χ1n) is 11.0. The predicted molar refractivity (Wildman–Crippen MR) is 138 cm³/mol. The van der Waals surface area contributed by atoms with E-state index in [0.29, 0.717) is 12.5 Å². The van der Waals surface area contributed by atoms with E-state index in [4.69, 9.17) is 11.6 Å². The second-order valence-electron chi connectivity index (χ2n) is 8.02. The number of hydrogen-bond acceptors (Lipinski definition) is 2. The van der Waals surface area contributed by atoms with Gasteiger partial charge in [0.05, 0.1) is 0 Å². The van der Waals surface area contributed by atoms with Crippen molar-refractivity contribution in [2.24, 2.45) is 0 Å². The molecule has 32 heavy (non-hydrogen) atoms. The van der Waals surface area contributed by atoms with Crippen LogP contribution in [0.4, 0.5) is 5.69 Å². The number of halogens is 2. The zero-order chi connectivity index (χ0) is 21.9. The summed E-state index contributed by atoms with van der Waals surface area (Å²) in [6.45, 7) is 3.11. The van der Waals surface area contributed by atoms with Gasteiger partial charge in [-0.15, -0.1) is 12.4 Å². The lowest BCUT2D eigenvalue weighted by molar-refractivity contribution is -0.116. The Bertz CT molecular complexity index is 945. The van der Waals surface area contributed by atoms with Crippen LogP contribution in [0.25, 0.3) is 0 Å². The molecule has 3 aromatic carbocycles. The highest BCUT2D eigenvalue weighted by Gasteiger charge is 2.06. The van der Waals surface area contributed by atoms with E-state index in [0.717, 1.165) is 42.9 Å². The number of carbonyl (C=O) groups is 1. The molecule has 0 aromatic heterocycles. The molecule has 0 aliphatic heterocycles. The zero-order valence-corrected chi connectivity index (χ0v) is 20.1. The van der Waals surface area contributed by atoms with Crippen LogP contribution in [0.1, 0.15) is 36.5 Å². The van der Waals surface area contributed by atoms with Gasteiger partial charge in [0, 0.05) is 23.2 Å². The van der Waals surface area contributed by atoms with Crippen LogP contribution in [0.15, 0.2) is 78.9 Å². The van der Waals surface area contributed by atoms with Gasteiger partial charge in [-0.1, -0.05) is 66.2 Å². The third-order valence-corrected chi connectivity index (χ3v) is 5.52. The van der Waals surface area contributed by atoms with Crippen molar-refractivity contribution in [3.63, 3.8) is 0 Å². The minimum atomic E-state index is 0. The number of benzene rings is 3. The average Bonchev–Trinajstić information content (AvgIpc) is 2.76. The van der Waals surface area contributed by atoms with Crippen molar-refractivity contribution in [3.8, 4) is 0 Å². The molecule has 3 aromatic rings. The summed E-state index contributed by atoms with van der Waals surface area (Å²) in [5.74, 6) is 0.0692. The van der Waals surface area contributed by atoms with Crippen molar-refractivity contribution in [1.82, 2.24) is 5.32 Å². The summed E-state index contributed by atoms with van der Waals surface area (Å²) in [7, 11) is 0. The van der Waals surface area contributed by atoms with Crippen LogP contribution in [-0.4, -0.2) is 18.5 Å². The molecule has 0 spiro atoms. The van der Waals surface area contributed by atoms with E-state index in [1.807, 2.05) is 48.5 Å². The van der Waals surface area contributed by atoms with Gasteiger partial charge >= 0.3 is 0 Å². The van der Waals surface area contributed by atoms with Crippen molar-refractivity contribution < 1.29 is 4.79 Å². The third-order valence-electron chi connectivity index (χ3n) is 5.29. The van der Waals surface area contributed by atoms with Crippen molar-refractivity contribution in [2.45, 2.75) is 45.1 Å². The van der Waals surface area contributed by atoms with Gasteiger partial charge in [-0.05, 0) is 80.1 Å². The molecule has 3 nitrogen and oxygen atoms in total. The SMILES string of the molecule is CC(Cc1ccc(NC(=O)CCCc2ccccc2)cc1)NCCc1cccc(Cl)c1.Cl. The molecular weight excluding hydrogens is 439 g/mol. The number of carbonyl (C=O) groups excluding carboxylic acids is 1. The Morgan fingerprint density at radius 3 is 2.31 bits per heavy atom. The van der Waals surface area contributed by atoms with Crippen LogP contribution in [0.5, 0.6) is 0 Å². The van der Waals surface area contributed by atoms with Crippen LogP contribution in [0.2, 0.25) is 5.02 Å². The number of anilines is 1. The number of amides is 1. The van der Waals surface area contributed by atoms with E-state index in [-0.39, 0.29) is 18.3 Å². The second kappa shape index (κ2) is 13.9. The first-order chi connectivity index (χ1) is 15.1. The Hall–Kier alpha value is -2.33. The van der Waals surface area contributed by atoms with Crippen LogP contribution in [0.3, 0.4) is 0 Å². The van der Waals surface area contributed by atoms with E-state index < -0.39 is 0 Å². The molecule has 0 saturated heterocycles. The molecule has 5 heteroatoms. The normalized spacial score (nSPS) is 11.4. The van der Waals surface area contributed by atoms with Gasteiger partial charge in [-0.2, -0.15) is 0 Å². The smallest absolute Gasteiger partial charge is 0.224 e. The molecular formula is C27H32Cl2N2O. The largest absolute Gasteiger partial charge is 0.326 e. The van der Waals surface area contributed by atoms with Gasteiger partial charge < -0.3 is 10.6 Å². The number of hydrogen-bond donors (Lipinski definition) is 2. The van der Waals surface area contributed by atoms with Crippen LogP contribution in [0, 0.1) is 0 Å². The fourth-order valence-electron chi connectivity index (χ4n) is 3.63.